The molecule has 9 heteroatoms. The third kappa shape index (κ3) is 4.48. The molecule has 1 unspecified atom stereocenters. The van der Waals surface area contributed by atoms with Crippen molar-refractivity contribution >= 4 is 17.8 Å². The average molecular weight is 447 g/mol. The maximum atomic E-state index is 13.0. The van der Waals surface area contributed by atoms with Crippen LogP contribution in [0.2, 0.25) is 0 Å². The molecule has 0 radical (unpaired) electrons. The number of nitrogens with two attached hydrogens (primary N) is 1. The molecule has 0 spiro atoms. The standard InChI is InChI=1S/C24H26N6O3/c1-28(2)24-26-12-19(15-4-6-16(7-5-15)22(25)32)21(27-24)17-10-11-30(14-17)23(33)18-8-9-20(31)29(3)13-18/h4-9,12-13,17H,10-11,14H2,1-3H3,(H2,25,32). The summed E-state index contributed by atoms with van der Waals surface area (Å²) in [7, 11) is 5.39. The number of hydrogen-bond donors (Lipinski definition) is 1. The van der Waals surface area contributed by atoms with Crippen molar-refractivity contribution < 1.29 is 9.59 Å². The second kappa shape index (κ2) is 8.85. The van der Waals surface area contributed by atoms with Gasteiger partial charge in [0.15, 0.2) is 0 Å². The van der Waals surface area contributed by atoms with Crippen molar-refractivity contribution in [3.63, 3.8) is 0 Å². The molecular formula is C24H26N6O3. The molecule has 0 bridgehead atoms. The molecule has 3 heterocycles. The molecular weight excluding hydrogens is 420 g/mol. The fraction of sp³-hybridized carbons (Fsp3) is 0.292. The molecule has 170 valence electrons. The molecule has 9 nitrogen and oxygen atoms in total. The van der Waals surface area contributed by atoms with Gasteiger partial charge in [0.05, 0.1) is 11.3 Å². The second-order valence-corrected chi connectivity index (χ2v) is 8.41. The van der Waals surface area contributed by atoms with Gasteiger partial charge in [0.2, 0.25) is 17.4 Å². The van der Waals surface area contributed by atoms with Crippen LogP contribution in [0, 0.1) is 0 Å². The number of likely N-dealkylation sites (tertiary alicyclic amines) is 1. The lowest BCUT2D eigenvalue weighted by Gasteiger charge is -2.20. The Morgan fingerprint density at radius 2 is 1.79 bits per heavy atom. The highest BCUT2D eigenvalue weighted by atomic mass is 16.2. The number of benzene rings is 1. The quantitative estimate of drug-likeness (QED) is 0.637. The highest BCUT2D eigenvalue weighted by Gasteiger charge is 2.31. The molecule has 3 aromatic rings. The summed E-state index contributed by atoms with van der Waals surface area (Å²) >= 11 is 0. The van der Waals surface area contributed by atoms with Crippen molar-refractivity contribution in [3.8, 4) is 11.1 Å². The van der Waals surface area contributed by atoms with Gasteiger partial charge in [-0.1, -0.05) is 12.1 Å². The monoisotopic (exact) mass is 446 g/mol. The van der Waals surface area contributed by atoms with Crippen LogP contribution in [-0.4, -0.2) is 58.4 Å². The molecule has 4 rings (SSSR count). The van der Waals surface area contributed by atoms with Crippen LogP contribution in [0.3, 0.4) is 0 Å². The zero-order valence-corrected chi connectivity index (χ0v) is 18.9. The minimum Gasteiger partial charge on any atom is -0.366 e. The van der Waals surface area contributed by atoms with Crippen LogP contribution in [0.4, 0.5) is 5.95 Å². The van der Waals surface area contributed by atoms with E-state index in [9.17, 15) is 14.4 Å². The van der Waals surface area contributed by atoms with Crippen LogP contribution in [0.1, 0.15) is 38.7 Å². The van der Waals surface area contributed by atoms with Gasteiger partial charge in [-0.15, -0.1) is 0 Å². The summed E-state index contributed by atoms with van der Waals surface area (Å²) < 4.78 is 1.41. The number of aromatic nitrogens is 3. The van der Waals surface area contributed by atoms with Gasteiger partial charge in [0.1, 0.15) is 0 Å². The molecule has 1 atom stereocenters. The maximum absolute atomic E-state index is 13.0. The van der Waals surface area contributed by atoms with Gasteiger partial charge in [0, 0.05) is 69.7 Å². The van der Waals surface area contributed by atoms with E-state index in [0.717, 1.165) is 23.2 Å². The van der Waals surface area contributed by atoms with Gasteiger partial charge in [-0.25, -0.2) is 9.97 Å². The third-order valence-corrected chi connectivity index (χ3v) is 5.88. The van der Waals surface area contributed by atoms with E-state index in [4.69, 9.17) is 10.7 Å². The number of nitrogens with zero attached hydrogens (tertiary/aromatic N) is 5. The molecule has 33 heavy (non-hydrogen) atoms. The van der Waals surface area contributed by atoms with E-state index < -0.39 is 5.91 Å². The van der Waals surface area contributed by atoms with E-state index in [0.29, 0.717) is 30.2 Å². The van der Waals surface area contributed by atoms with Gasteiger partial charge in [-0.3, -0.25) is 14.4 Å². The van der Waals surface area contributed by atoms with Crippen LogP contribution >= 0.6 is 0 Å². The van der Waals surface area contributed by atoms with E-state index >= 15 is 0 Å². The Hall–Kier alpha value is -4.01. The van der Waals surface area contributed by atoms with Crippen LogP contribution in [0.5, 0.6) is 0 Å². The first-order valence-corrected chi connectivity index (χ1v) is 10.6. The highest BCUT2D eigenvalue weighted by molar-refractivity contribution is 5.94. The van der Waals surface area contributed by atoms with Crippen LogP contribution in [-0.2, 0) is 7.05 Å². The lowest BCUT2D eigenvalue weighted by atomic mass is 9.95. The first-order valence-electron chi connectivity index (χ1n) is 10.6. The molecule has 0 aliphatic carbocycles. The Labute approximate surface area is 191 Å². The molecule has 1 aromatic carbocycles. The molecule has 2 amide bonds. The number of pyridine rings is 1. The van der Waals surface area contributed by atoms with Crippen molar-refractivity contribution in [2.24, 2.45) is 12.8 Å². The van der Waals surface area contributed by atoms with Crippen molar-refractivity contribution in [2.75, 3.05) is 32.1 Å². The Bertz CT molecular complexity index is 1270. The van der Waals surface area contributed by atoms with Gasteiger partial charge in [0.25, 0.3) is 5.91 Å². The minimum absolute atomic E-state index is 0.0222. The molecule has 2 aromatic heterocycles. The van der Waals surface area contributed by atoms with Crippen molar-refractivity contribution in [2.45, 2.75) is 12.3 Å². The molecule has 0 saturated carbocycles. The fourth-order valence-electron chi connectivity index (χ4n) is 4.02. The Kier molecular flexibility index (Phi) is 5.95. The summed E-state index contributed by atoms with van der Waals surface area (Å²) in [5.74, 6) is 0.0195. The van der Waals surface area contributed by atoms with Gasteiger partial charge >= 0.3 is 0 Å². The number of rotatable bonds is 5. The zero-order valence-electron chi connectivity index (χ0n) is 18.9. The van der Waals surface area contributed by atoms with Gasteiger partial charge in [-0.05, 0) is 30.2 Å². The van der Waals surface area contributed by atoms with E-state index in [1.165, 1.54) is 10.6 Å². The van der Waals surface area contributed by atoms with Crippen molar-refractivity contribution in [1.29, 1.82) is 0 Å². The highest BCUT2D eigenvalue weighted by Crippen LogP contribution is 2.34. The smallest absolute Gasteiger partial charge is 0.255 e. The largest absolute Gasteiger partial charge is 0.366 e. The summed E-state index contributed by atoms with van der Waals surface area (Å²) in [4.78, 5) is 49.1. The van der Waals surface area contributed by atoms with E-state index in [2.05, 4.69) is 4.98 Å². The number of primary amides is 1. The maximum Gasteiger partial charge on any atom is 0.255 e. The van der Waals surface area contributed by atoms with Crippen LogP contribution < -0.4 is 16.2 Å². The summed E-state index contributed by atoms with van der Waals surface area (Å²) in [5.41, 5.74) is 8.72. The lowest BCUT2D eigenvalue weighted by molar-refractivity contribution is 0.0789. The summed E-state index contributed by atoms with van der Waals surface area (Å²) in [6.07, 6.45) is 4.11. The van der Waals surface area contributed by atoms with E-state index in [1.807, 2.05) is 31.1 Å². The van der Waals surface area contributed by atoms with Gasteiger partial charge < -0.3 is 20.1 Å². The Balaban J connectivity index is 1.65. The van der Waals surface area contributed by atoms with Crippen LogP contribution in [0.15, 0.2) is 53.6 Å². The predicted octanol–water partition coefficient (Wildman–Crippen LogP) is 1.64. The van der Waals surface area contributed by atoms with Gasteiger partial charge in [-0.2, -0.15) is 0 Å². The Morgan fingerprint density at radius 3 is 2.42 bits per heavy atom. The number of carbonyl (C=O) groups is 2. The topological polar surface area (TPSA) is 114 Å². The minimum atomic E-state index is -0.482. The molecule has 2 N–H and O–H groups in total. The number of anilines is 1. The van der Waals surface area contributed by atoms with Crippen LogP contribution in [0.25, 0.3) is 11.1 Å². The number of aryl methyl sites for hydroxylation is 1. The zero-order chi connectivity index (χ0) is 23.7. The lowest BCUT2D eigenvalue weighted by Crippen LogP contribution is -2.30. The predicted molar refractivity (Wildman–Crippen MR) is 125 cm³/mol. The SMILES string of the molecule is CN(C)c1ncc(-c2ccc(C(N)=O)cc2)c(C2CCN(C(=O)c3ccc(=O)n(C)c3)C2)n1. The third-order valence-electron chi connectivity index (χ3n) is 5.88. The molecule has 1 aliphatic rings. The number of carbonyl (C=O) groups excluding carboxylic acids is 2. The van der Waals surface area contributed by atoms with E-state index in [-0.39, 0.29) is 17.4 Å². The van der Waals surface area contributed by atoms with E-state index in [1.54, 1.807) is 42.5 Å². The second-order valence-electron chi connectivity index (χ2n) is 8.41. The average Bonchev–Trinajstić information content (AvgIpc) is 3.30. The van der Waals surface area contributed by atoms with Crippen molar-refractivity contribution in [1.82, 2.24) is 19.4 Å². The summed E-state index contributed by atoms with van der Waals surface area (Å²) in [5, 5.41) is 0. The molecule has 1 aliphatic heterocycles. The fourth-order valence-corrected chi connectivity index (χ4v) is 4.02. The first kappa shape index (κ1) is 22.2. The molecule has 1 saturated heterocycles. The molecule has 1 fully saturated rings. The number of hydrogen-bond acceptors (Lipinski definition) is 6. The summed E-state index contributed by atoms with van der Waals surface area (Å²) in [6.45, 7) is 1.10. The number of amides is 2. The van der Waals surface area contributed by atoms with Crippen molar-refractivity contribution in [3.05, 3.63) is 76.0 Å². The first-order chi connectivity index (χ1) is 15.7. The normalized spacial score (nSPS) is 15.5. The Morgan fingerprint density at radius 1 is 1.09 bits per heavy atom. The summed E-state index contributed by atoms with van der Waals surface area (Å²) in [6, 6.07) is 10.0.